The van der Waals surface area contributed by atoms with E-state index in [1.807, 2.05) is 0 Å². The minimum Gasteiger partial charge on any atom is -0.336 e. The number of carbonyl (C=O) groups is 3. The average molecular weight is 309 g/mol. The van der Waals surface area contributed by atoms with Gasteiger partial charge in [-0.15, -0.1) is 0 Å². The fourth-order valence-electron chi connectivity index (χ4n) is 2.17. The van der Waals surface area contributed by atoms with Crippen molar-refractivity contribution in [3.8, 4) is 0 Å². The molecule has 0 aliphatic carbocycles. The van der Waals surface area contributed by atoms with Crippen LogP contribution in [0, 0.1) is 5.82 Å². The summed E-state index contributed by atoms with van der Waals surface area (Å²) in [7, 11) is 1.68. The lowest BCUT2D eigenvalue weighted by Crippen LogP contribution is -3.11. The van der Waals surface area contributed by atoms with Crippen LogP contribution in [-0.4, -0.2) is 56.0 Å². The second-order valence-corrected chi connectivity index (χ2v) is 5.15. The second-order valence-electron chi connectivity index (χ2n) is 5.15. The number of anilines is 1. The lowest BCUT2D eigenvalue weighted by Gasteiger charge is -2.16. The number of nitrogens with one attached hydrogen (secondary N) is 3. The zero-order chi connectivity index (χ0) is 16.1. The van der Waals surface area contributed by atoms with E-state index in [1.165, 1.54) is 18.2 Å². The Labute approximate surface area is 127 Å². The largest absolute Gasteiger partial charge is 0.336 e. The van der Waals surface area contributed by atoms with Gasteiger partial charge in [-0.3, -0.25) is 14.5 Å². The van der Waals surface area contributed by atoms with Gasteiger partial charge in [-0.05, 0) is 18.2 Å². The van der Waals surface area contributed by atoms with Crippen molar-refractivity contribution < 1.29 is 23.7 Å². The Morgan fingerprint density at radius 1 is 1.41 bits per heavy atom. The van der Waals surface area contributed by atoms with Gasteiger partial charge in [0.2, 0.25) is 0 Å². The summed E-state index contributed by atoms with van der Waals surface area (Å²) in [5.74, 6) is -1.10. The summed E-state index contributed by atoms with van der Waals surface area (Å²) in [5.41, 5.74) is 0.364. The quantitative estimate of drug-likeness (QED) is 0.641. The van der Waals surface area contributed by atoms with Crippen molar-refractivity contribution >= 4 is 23.5 Å². The first-order valence-corrected chi connectivity index (χ1v) is 6.90. The van der Waals surface area contributed by atoms with Crippen molar-refractivity contribution in [1.82, 2.24) is 10.2 Å². The van der Waals surface area contributed by atoms with Crippen LogP contribution < -0.4 is 15.5 Å². The highest BCUT2D eigenvalue weighted by Gasteiger charge is 2.28. The van der Waals surface area contributed by atoms with Gasteiger partial charge >= 0.3 is 6.03 Å². The van der Waals surface area contributed by atoms with Crippen LogP contribution in [0.25, 0.3) is 0 Å². The van der Waals surface area contributed by atoms with E-state index < -0.39 is 11.8 Å². The maximum atomic E-state index is 13.0. The number of rotatable bonds is 5. The number of quaternary nitrogens is 1. The van der Waals surface area contributed by atoms with Crippen LogP contribution >= 0.6 is 0 Å². The third-order valence-electron chi connectivity index (χ3n) is 3.18. The molecule has 0 bridgehead atoms. The number of urea groups is 1. The fourth-order valence-corrected chi connectivity index (χ4v) is 2.17. The maximum Gasteiger partial charge on any atom is 0.324 e. The van der Waals surface area contributed by atoms with Crippen molar-refractivity contribution in [2.45, 2.75) is 0 Å². The van der Waals surface area contributed by atoms with Crippen LogP contribution in [0.5, 0.6) is 0 Å². The van der Waals surface area contributed by atoms with Crippen molar-refractivity contribution in [1.29, 1.82) is 0 Å². The molecule has 4 amide bonds. The highest BCUT2D eigenvalue weighted by atomic mass is 19.1. The zero-order valence-electron chi connectivity index (χ0n) is 12.2. The van der Waals surface area contributed by atoms with Gasteiger partial charge in [-0.2, -0.15) is 0 Å². The molecule has 1 aliphatic rings. The molecule has 2 rings (SSSR count). The molecular weight excluding hydrogens is 291 g/mol. The van der Waals surface area contributed by atoms with Gasteiger partial charge in [-0.25, -0.2) is 9.18 Å². The Morgan fingerprint density at radius 3 is 2.82 bits per heavy atom. The van der Waals surface area contributed by atoms with Crippen LogP contribution in [0.4, 0.5) is 14.9 Å². The predicted octanol–water partition coefficient (Wildman–Crippen LogP) is -1.17. The molecule has 0 aromatic heterocycles. The van der Waals surface area contributed by atoms with E-state index in [0.29, 0.717) is 23.7 Å². The molecule has 3 N–H and O–H groups in total. The van der Waals surface area contributed by atoms with Crippen LogP contribution in [0.3, 0.4) is 0 Å². The summed E-state index contributed by atoms with van der Waals surface area (Å²) in [4.78, 5) is 36.9. The zero-order valence-corrected chi connectivity index (χ0v) is 12.2. The second kappa shape index (κ2) is 6.99. The Hall–Kier alpha value is -2.48. The number of carbonyl (C=O) groups excluding carboxylic acids is 3. The van der Waals surface area contributed by atoms with Crippen LogP contribution in [0.15, 0.2) is 24.3 Å². The van der Waals surface area contributed by atoms with Crippen molar-refractivity contribution in [3.63, 3.8) is 0 Å². The molecule has 1 aliphatic heterocycles. The number of amides is 4. The first-order chi connectivity index (χ1) is 10.5. The SMILES string of the molecule is C[NH+](CC(=O)Nc1cccc(F)c1)CC(=O)N1CCNC1=O. The van der Waals surface area contributed by atoms with E-state index in [0.717, 1.165) is 4.90 Å². The lowest BCUT2D eigenvalue weighted by molar-refractivity contribution is -0.862. The fraction of sp³-hybridized carbons (Fsp3) is 0.357. The highest BCUT2D eigenvalue weighted by molar-refractivity contribution is 5.96. The minimum atomic E-state index is -0.436. The molecule has 1 heterocycles. The summed E-state index contributed by atoms with van der Waals surface area (Å²) in [6, 6.07) is 5.18. The Kier molecular flexibility index (Phi) is 5.05. The monoisotopic (exact) mass is 309 g/mol. The van der Waals surface area contributed by atoms with Gasteiger partial charge in [0.25, 0.3) is 11.8 Å². The Balaban J connectivity index is 1.81. The smallest absolute Gasteiger partial charge is 0.324 e. The van der Waals surface area contributed by atoms with Crippen LogP contribution in [-0.2, 0) is 9.59 Å². The van der Waals surface area contributed by atoms with E-state index in [1.54, 1.807) is 13.1 Å². The molecule has 1 aromatic carbocycles. The number of benzene rings is 1. The third-order valence-corrected chi connectivity index (χ3v) is 3.18. The van der Waals surface area contributed by atoms with E-state index in [-0.39, 0.29) is 24.9 Å². The molecule has 0 radical (unpaired) electrons. The molecule has 1 atom stereocenters. The van der Waals surface area contributed by atoms with Gasteiger partial charge in [-0.1, -0.05) is 6.07 Å². The Morgan fingerprint density at radius 2 is 2.18 bits per heavy atom. The Bertz CT molecular complexity index is 593. The van der Waals surface area contributed by atoms with Crippen molar-refractivity contribution in [2.75, 3.05) is 38.5 Å². The molecule has 1 fully saturated rings. The molecule has 8 heteroatoms. The van der Waals surface area contributed by atoms with Crippen LogP contribution in [0.2, 0.25) is 0 Å². The summed E-state index contributed by atoms with van der Waals surface area (Å²) in [6.45, 7) is 0.867. The maximum absolute atomic E-state index is 13.0. The molecule has 1 aromatic rings. The number of hydrogen-bond acceptors (Lipinski definition) is 3. The lowest BCUT2D eigenvalue weighted by atomic mass is 10.3. The molecule has 7 nitrogen and oxygen atoms in total. The molecule has 0 spiro atoms. The molecule has 118 valence electrons. The molecule has 1 unspecified atom stereocenters. The number of halogens is 1. The number of imide groups is 1. The number of hydrogen-bond donors (Lipinski definition) is 3. The first kappa shape index (κ1) is 15.9. The summed E-state index contributed by atoms with van der Waals surface area (Å²) < 4.78 is 13.0. The highest BCUT2D eigenvalue weighted by Crippen LogP contribution is 2.08. The van der Waals surface area contributed by atoms with E-state index >= 15 is 0 Å². The summed E-state index contributed by atoms with van der Waals surface area (Å²) in [5, 5.41) is 5.11. The van der Waals surface area contributed by atoms with E-state index in [2.05, 4.69) is 10.6 Å². The molecular formula is C14H18FN4O3+. The van der Waals surface area contributed by atoms with Gasteiger partial charge in [0, 0.05) is 18.8 Å². The van der Waals surface area contributed by atoms with E-state index in [4.69, 9.17) is 0 Å². The topological polar surface area (TPSA) is 82.9 Å². The third kappa shape index (κ3) is 4.26. The van der Waals surface area contributed by atoms with Gasteiger partial charge in [0.1, 0.15) is 5.82 Å². The standard InChI is InChI=1S/C14H17FN4O3/c1-18(9-13(21)19-6-5-16-14(19)22)8-12(20)17-11-4-2-3-10(15)7-11/h2-4,7H,5-6,8-9H2,1H3,(H,16,22)(H,17,20)/p+1. The van der Waals surface area contributed by atoms with Gasteiger partial charge in [0.05, 0.1) is 7.05 Å². The first-order valence-electron chi connectivity index (χ1n) is 6.90. The van der Waals surface area contributed by atoms with Gasteiger partial charge in [0.15, 0.2) is 13.1 Å². The molecule has 22 heavy (non-hydrogen) atoms. The summed E-state index contributed by atoms with van der Waals surface area (Å²) in [6.07, 6.45) is 0. The predicted molar refractivity (Wildman–Crippen MR) is 76.8 cm³/mol. The van der Waals surface area contributed by atoms with Crippen molar-refractivity contribution in [2.24, 2.45) is 0 Å². The molecule has 0 saturated carbocycles. The summed E-state index contributed by atoms with van der Waals surface area (Å²) >= 11 is 0. The van der Waals surface area contributed by atoms with Crippen LogP contribution in [0.1, 0.15) is 0 Å². The minimum absolute atomic E-state index is 0.0317. The number of nitrogens with zero attached hydrogens (tertiary/aromatic N) is 1. The molecule has 1 saturated heterocycles. The van der Waals surface area contributed by atoms with E-state index in [9.17, 15) is 18.8 Å². The van der Waals surface area contributed by atoms with Crippen molar-refractivity contribution in [3.05, 3.63) is 30.1 Å². The number of likely N-dealkylation sites (N-methyl/N-ethyl adjacent to an activating group) is 1. The average Bonchev–Trinajstić information content (AvgIpc) is 2.84. The van der Waals surface area contributed by atoms with Gasteiger partial charge < -0.3 is 15.5 Å². The normalized spacial score (nSPS) is 15.4.